The molecule has 0 saturated carbocycles. The maximum Gasteiger partial charge on any atom is 0.0737 e. The number of nitrogens with one attached hydrogen (secondary N) is 1. The number of fused-ring (bicyclic) bond motifs is 1. The summed E-state index contributed by atoms with van der Waals surface area (Å²) < 4.78 is 0. The van der Waals surface area contributed by atoms with E-state index in [9.17, 15) is 0 Å². The van der Waals surface area contributed by atoms with E-state index in [2.05, 4.69) is 36.2 Å². The van der Waals surface area contributed by atoms with Crippen molar-refractivity contribution in [2.24, 2.45) is 0 Å². The third-order valence-electron chi connectivity index (χ3n) is 3.35. The molecule has 108 valence electrons. The minimum absolute atomic E-state index is 0.441. The van der Waals surface area contributed by atoms with Gasteiger partial charge in [-0.2, -0.15) is 0 Å². The van der Waals surface area contributed by atoms with Gasteiger partial charge in [-0.05, 0) is 64.7 Å². The molecule has 0 amide bonds. The lowest BCUT2D eigenvalue weighted by Gasteiger charge is -2.18. The third-order valence-corrected chi connectivity index (χ3v) is 3.58. The zero-order chi connectivity index (χ0) is 14.5. The van der Waals surface area contributed by atoms with Gasteiger partial charge in [0.05, 0.1) is 5.52 Å². The Labute approximate surface area is 126 Å². The van der Waals surface area contributed by atoms with Gasteiger partial charge in [0.1, 0.15) is 0 Å². The van der Waals surface area contributed by atoms with Gasteiger partial charge >= 0.3 is 0 Å². The number of anilines is 1. The number of pyridine rings is 1. The summed E-state index contributed by atoms with van der Waals surface area (Å²) in [5.74, 6) is 0. The number of rotatable bonds is 6. The molecule has 0 fully saturated rings. The molecule has 0 aliphatic rings. The lowest BCUT2D eigenvalue weighted by Crippen LogP contribution is -2.19. The van der Waals surface area contributed by atoms with Gasteiger partial charge in [0.25, 0.3) is 0 Å². The van der Waals surface area contributed by atoms with E-state index >= 15 is 0 Å². The quantitative estimate of drug-likeness (QED) is 0.871. The zero-order valence-electron chi connectivity index (χ0n) is 12.4. The average molecular weight is 292 g/mol. The Hall–Kier alpha value is -1.32. The molecule has 0 aliphatic heterocycles. The summed E-state index contributed by atoms with van der Waals surface area (Å²) in [5, 5.41) is 5.42. The summed E-state index contributed by atoms with van der Waals surface area (Å²) in [6, 6.07) is 8.31. The van der Waals surface area contributed by atoms with Gasteiger partial charge in [0, 0.05) is 28.3 Å². The first-order valence-electron chi connectivity index (χ1n) is 7.02. The molecule has 3 nitrogen and oxygen atoms in total. The molecule has 2 rings (SSSR count). The van der Waals surface area contributed by atoms with Gasteiger partial charge in [0.2, 0.25) is 0 Å². The van der Waals surface area contributed by atoms with E-state index in [1.54, 1.807) is 0 Å². The van der Waals surface area contributed by atoms with Crippen LogP contribution in [0.5, 0.6) is 0 Å². The van der Waals surface area contributed by atoms with Crippen molar-refractivity contribution in [1.29, 1.82) is 0 Å². The number of halogens is 1. The third kappa shape index (κ3) is 4.09. The summed E-state index contributed by atoms with van der Waals surface area (Å²) in [6.45, 7) is 3.34. The highest BCUT2D eigenvalue weighted by atomic mass is 35.5. The Morgan fingerprint density at radius 3 is 2.85 bits per heavy atom. The molecule has 0 radical (unpaired) electrons. The van der Waals surface area contributed by atoms with E-state index in [0.29, 0.717) is 6.04 Å². The first-order valence-corrected chi connectivity index (χ1v) is 7.39. The average Bonchev–Trinajstić information content (AvgIpc) is 2.38. The Morgan fingerprint density at radius 1 is 1.30 bits per heavy atom. The van der Waals surface area contributed by atoms with Crippen LogP contribution in [0.2, 0.25) is 5.02 Å². The Balaban J connectivity index is 2.05. The zero-order valence-corrected chi connectivity index (χ0v) is 13.1. The summed E-state index contributed by atoms with van der Waals surface area (Å²) in [6.07, 6.45) is 4.17. The van der Waals surface area contributed by atoms with Crippen LogP contribution in [0.4, 0.5) is 5.69 Å². The molecule has 1 aromatic heterocycles. The summed E-state index contributed by atoms with van der Waals surface area (Å²) in [5.41, 5.74) is 2.06. The number of benzene rings is 1. The predicted molar refractivity (Wildman–Crippen MR) is 87.6 cm³/mol. The van der Waals surface area contributed by atoms with Crippen LogP contribution >= 0.6 is 11.6 Å². The number of hydrogen-bond donors (Lipinski definition) is 1. The van der Waals surface area contributed by atoms with Crippen molar-refractivity contribution >= 4 is 28.2 Å². The minimum atomic E-state index is 0.441. The Morgan fingerprint density at radius 2 is 2.10 bits per heavy atom. The molecule has 2 aromatic rings. The molecule has 4 heteroatoms. The maximum atomic E-state index is 6.01. The first-order chi connectivity index (χ1) is 9.56. The summed E-state index contributed by atoms with van der Waals surface area (Å²) in [7, 11) is 4.22. The van der Waals surface area contributed by atoms with Crippen molar-refractivity contribution in [3.8, 4) is 0 Å². The number of hydrogen-bond acceptors (Lipinski definition) is 3. The number of nitrogens with zero attached hydrogens (tertiary/aromatic N) is 2. The van der Waals surface area contributed by atoms with E-state index in [1.165, 1.54) is 6.42 Å². The van der Waals surface area contributed by atoms with Gasteiger partial charge in [-0.1, -0.05) is 11.6 Å². The highest BCUT2D eigenvalue weighted by Gasteiger charge is 2.06. The standard InChI is InChI=1S/C16H22ClN3/c1-12(5-4-10-20(2)3)19-15-8-9-18-16-11-13(17)6-7-14(15)16/h6-9,11-12H,4-5,10H2,1-3H3,(H,18,19)/t12-/m0/s1. The maximum absolute atomic E-state index is 6.01. The van der Waals surface area contributed by atoms with Crippen molar-refractivity contribution < 1.29 is 0 Å². The van der Waals surface area contributed by atoms with Gasteiger partial charge < -0.3 is 10.2 Å². The fourth-order valence-electron chi connectivity index (χ4n) is 2.30. The van der Waals surface area contributed by atoms with Crippen LogP contribution in [0.25, 0.3) is 10.9 Å². The number of aromatic nitrogens is 1. The molecule has 1 N–H and O–H groups in total. The van der Waals surface area contributed by atoms with Crippen molar-refractivity contribution in [2.75, 3.05) is 26.0 Å². The van der Waals surface area contributed by atoms with Gasteiger partial charge in [-0.25, -0.2) is 0 Å². The normalized spacial score (nSPS) is 12.8. The van der Waals surface area contributed by atoms with Crippen molar-refractivity contribution in [2.45, 2.75) is 25.8 Å². The second kappa shape index (κ2) is 6.91. The topological polar surface area (TPSA) is 28.2 Å². The van der Waals surface area contributed by atoms with Crippen LogP contribution < -0.4 is 5.32 Å². The van der Waals surface area contributed by atoms with Crippen LogP contribution in [-0.4, -0.2) is 36.6 Å². The smallest absolute Gasteiger partial charge is 0.0737 e. The molecule has 0 spiro atoms. The molecule has 0 unspecified atom stereocenters. The van der Waals surface area contributed by atoms with E-state index in [1.807, 2.05) is 30.5 Å². The summed E-state index contributed by atoms with van der Waals surface area (Å²) in [4.78, 5) is 6.58. The molecule has 0 saturated heterocycles. The largest absolute Gasteiger partial charge is 0.382 e. The second-order valence-corrected chi connectivity index (χ2v) is 5.95. The molecule has 0 aliphatic carbocycles. The lowest BCUT2D eigenvalue weighted by molar-refractivity contribution is 0.390. The molecule has 1 atom stereocenters. The molecule has 0 bridgehead atoms. The minimum Gasteiger partial charge on any atom is -0.382 e. The Bertz CT molecular complexity index is 569. The first kappa shape index (κ1) is 15.1. The highest BCUT2D eigenvalue weighted by molar-refractivity contribution is 6.31. The fraction of sp³-hybridized carbons (Fsp3) is 0.438. The second-order valence-electron chi connectivity index (χ2n) is 5.51. The molecular weight excluding hydrogens is 270 g/mol. The molecular formula is C16H22ClN3. The SMILES string of the molecule is C[C@@H](CCCN(C)C)Nc1ccnc2cc(Cl)ccc12. The molecule has 1 aromatic carbocycles. The van der Waals surface area contributed by atoms with Crippen LogP contribution in [0.1, 0.15) is 19.8 Å². The van der Waals surface area contributed by atoms with E-state index in [0.717, 1.165) is 34.6 Å². The highest BCUT2D eigenvalue weighted by Crippen LogP contribution is 2.25. The van der Waals surface area contributed by atoms with E-state index < -0.39 is 0 Å². The summed E-state index contributed by atoms with van der Waals surface area (Å²) >= 11 is 6.01. The fourth-order valence-corrected chi connectivity index (χ4v) is 2.46. The predicted octanol–water partition coefficient (Wildman–Crippen LogP) is 4.03. The van der Waals surface area contributed by atoms with Crippen molar-refractivity contribution in [1.82, 2.24) is 9.88 Å². The van der Waals surface area contributed by atoms with Crippen molar-refractivity contribution in [3.05, 3.63) is 35.5 Å². The van der Waals surface area contributed by atoms with Crippen LogP contribution in [-0.2, 0) is 0 Å². The van der Waals surface area contributed by atoms with Gasteiger partial charge in [-0.15, -0.1) is 0 Å². The van der Waals surface area contributed by atoms with Crippen LogP contribution in [0.15, 0.2) is 30.5 Å². The van der Waals surface area contributed by atoms with Gasteiger partial charge in [-0.3, -0.25) is 4.98 Å². The van der Waals surface area contributed by atoms with Gasteiger partial charge in [0.15, 0.2) is 0 Å². The molecule has 1 heterocycles. The van der Waals surface area contributed by atoms with E-state index in [4.69, 9.17) is 11.6 Å². The monoisotopic (exact) mass is 291 g/mol. The van der Waals surface area contributed by atoms with E-state index in [-0.39, 0.29) is 0 Å². The van der Waals surface area contributed by atoms with Crippen LogP contribution in [0.3, 0.4) is 0 Å². The lowest BCUT2D eigenvalue weighted by atomic mass is 10.1. The van der Waals surface area contributed by atoms with Crippen LogP contribution in [0, 0.1) is 0 Å². The molecule has 20 heavy (non-hydrogen) atoms. The Kier molecular flexibility index (Phi) is 5.21. The van der Waals surface area contributed by atoms with Crippen molar-refractivity contribution in [3.63, 3.8) is 0 Å².